The van der Waals surface area contributed by atoms with Crippen LogP contribution in [0.25, 0.3) is 10.1 Å². The van der Waals surface area contributed by atoms with Gasteiger partial charge in [0, 0.05) is 15.8 Å². The summed E-state index contributed by atoms with van der Waals surface area (Å²) in [7, 11) is 0. The lowest BCUT2D eigenvalue weighted by atomic mass is 10.1. The first-order valence-electron chi connectivity index (χ1n) is 4.07. The van der Waals surface area contributed by atoms with E-state index in [1.165, 1.54) is 18.2 Å². The first-order chi connectivity index (χ1) is 6.61. The van der Waals surface area contributed by atoms with E-state index < -0.39 is 12.2 Å². The van der Waals surface area contributed by atoms with Crippen molar-refractivity contribution in [1.82, 2.24) is 0 Å². The molecule has 0 bridgehead atoms. The summed E-state index contributed by atoms with van der Waals surface area (Å²) in [5.74, 6) is -0.428. The fraction of sp³-hybridized carbons (Fsp3) is 0.200. The first-order valence-corrected chi connectivity index (χ1v) is 4.88. The molecule has 0 saturated heterocycles. The molecule has 14 heavy (non-hydrogen) atoms. The maximum Gasteiger partial charge on any atom is 0.265 e. The topological polar surface area (TPSA) is 0 Å². The second kappa shape index (κ2) is 3.28. The Morgan fingerprint density at radius 3 is 2.64 bits per heavy atom. The minimum atomic E-state index is -2.54. The summed E-state index contributed by atoms with van der Waals surface area (Å²) in [5, 5.41) is 0.336. The van der Waals surface area contributed by atoms with Crippen LogP contribution in [-0.4, -0.2) is 0 Å². The molecule has 0 N–H and O–H groups in total. The summed E-state index contributed by atoms with van der Waals surface area (Å²) < 4.78 is 38.7. The molecule has 0 unspecified atom stereocenters. The van der Waals surface area contributed by atoms with E-state index in [-0.39, 0.29) is 5.56 Å². The number of benzene rings is 1. The summed E-state index contributed by atoms with van der Waals surface area (Å²) in [6, 6.07) is 4.27. The van der Waals surface area contributed by atoms with Gasteiger partial charge in [0.25, 0.3) is 6.43 Å². The monoisotopic (exact) mass is 216 g/mol. The summed E-state index contributed by atoms with van der Waals surface area (Å²) in [6.07, 6.45) is -2.54. The molecule has 0 saturated carbocycles. The average Bonchev–Trinajstić information content (AvgIpc) is 2.42. The largest absolute Gasteiger partial charge is 0.265 e. The highest BCUT2D eigenvalue weighted by atomic mass is 32.1. The van der Waals surface area contributed by atoms with Crippen LogP contribution in [0.2, 0.25) is 0 Å². The molecule has 0 radical (unpaired) electrons. The Kier molecular flexibility index (Phi) is 2.23. The first kappa shape index (κ1) is 9.52. The smallest absolute Gasteiger partial charge is 0.205 e. The highest BCUT2D eigenvalue weighted by Crippen LogP contribution is 2.37. The molecule has 0 aliphatic rings. The van der Waals surface area contributed by atoms with Gasteiger partial charge in [-0.3, -0.25) is 0 Å². The van der Waals surface area contributed by atoms with Crippen molar-refractivity contribution in [1.29, 1.82) is 0 Å². The van der Waals surface area contributed by atoms with Crippen molar-refractivity contribution in [3.8, 4) is 0 Å². The second-order valence-corrected chi connectivity index (χ2v) is 4.21. The molecule has 0 aliphatic carbocycles. The Balaban J connectivity index is 2.83. The zero-order chi connectivity index (χ0) is 10.3. The fourth-order valence-corrected chi connectivity index (χ4v) is 2.56. The van der Waals surface area contributed by atoms with Crippen molar-refractivity contribution in [3.63, 3.8) is 0 Å². The lowest BCUT2D eigenvalue weighted by Crippen LogP contribution is -1.84. The van der Waals surface area contributed by atoms with Gasteiger partial charge < -0.3 is 0 Å². The molecule has 1 aromatic carbocycles. The molecule has 1 aromatic heterocycles. The van der Waals surface area contributed by atoms with Gasteiger partial charge in [-0.1, -0.05) is 12.1 Å². The number of fused-ring (bicyclic) bond motifs is 1. The molecular weight excluding hydrogens is 209 g/mol. The molecule has 4 heteroatoms. The Bertz CT molecular complexity index is 473. The van der Waals surface area contributed by atoms with Crippen LogP contribution < -0.4 is 0 Å². The molecular formula is C10H7F3S. The lowest BCUT2D eigenvalue weighted by molar-refractivity contribution is 0.153. The number of alkyl halides is 2. The number of rotatable bonds is 1. The van der Waals surface area contributed by atoms with Crippen LogP contribution in [0.5, 0.6) is 0 Å². The standard InChI is InChI=1S/C10H7F3S/c1-5-8(10(12)13)6-3-2-4-7(11)9(6)14-5/h2-4,10H,1H3. The fourth-order valence-electron chi connectivity index (χ4n) is 1.49. The summed E-state index contributed by atoms with van der Waals surface area (Å²) in [5.41, 5.74) is -0.0375. The summed E-state index contributed by atoms with van der Waals surface area (Å²) in [4.78, 5) is 0.486. The number of halogens is 3. The average molecular weight is 216 g/mol. The maximum absolute atomic E-state index is 13.2. The van der Waals surface area contributed by atoms with Crippen LogP contribution in [-0.2, 0) is 0 Å². The number of hydrogen-bond donors (Lipinski definition) is 0. The van der Waals surface area contributed by atoms with E-state index in [9.17, 15) is 13.2 Å². The highest BCUT2D eigenvalue weighted by molar-refractivity contribution is 7.19. The van der Waals surface area contributed by atoms with Gasteiger partial charge in [0.05, 0.1) is 4.70 Å². The molecule has 2 aromatic rings. The zero-order valence-corrected chi connectivity index (χ0v) is 8.17. The normalized spacial score (nSPS) is 11.5. The molecule has 1 heterocycles. The van der Waals surface area contributed by atoms with Gasteiger partial charge in [0.2, 0.25) is 0 Å². The third-order valence-electron chi connectivity index (χ3n) is 2.11. The van der Waals surface area contributed by atoms with Crippen molar-refractivity contribution >= 4 is 21.4 Å². The van der Waals surface area contributed by atoms with Gasteiger partial charge in [-0.2, -0.15) is 0 Å². The molecule has 0 amide bonds. The molecule has 0 fully saturated rings. The lowest BCUT2D eigenvalue weighted by Gasteiger charge is -1.98. The van der Waals surface area contributed by atoms with E-state index in [2.05, 4.69) is 0 Å². The predicted molar refractivity (Wildman–Crippen MR) is 51.5 cm³/mol. The summed E-state index contributed by atoms with van der Waals surface area (Å²) >= 11 is 1.08. The van der Waals surface area contributed by atoms with Gasteiger partial charge in [-0.05, 0) is 13.0 Å². The number of thiophene rings is 1. The van der Waals surface area contributed by atoms with E-state index in [1.54, 1.807) is 6.92 Å². The Labute approximate surface area is 83.0 Å². The van der Waals surface area contributed by atoms with E-state index >= 15 is 0 Å². The Hall–Kier alpha value is -1.03. The molecule has 0 aliphatic heterocycles. The third-order valence-corrected chi connectivity index (χ3v) is 3.25. The van der Waals surface area contributed by atoms with E-state index in [0.29, 0.717) is 15.0 Å². The third kappa shape index (κ3) is 1.30. The highest BCUT2D eigenvalue weighted by Gasteiger charge is 2.18. The van der Waals surface area contributed by atoms with Gasteiger partial charge in [-0.15, -0.1) is 11.3 Å². The quantitative estimate of drug-likeness (QED) is 0.667. The second-order valence-electron chi connectivity index (χ2n) is 2.99. The van der Waals surface area contributed by atoms with Crippen LogP contribution in [0.3, 0.4) is 0 Å². The SMILES string of the molecule is Cc1sc2c(F)cccc2c1C(F)F. The predicted octanol–water partition coefficient (Wildman–Crippen LogP) is 4.29. The van der Waals surface area contributed by atoms with Gasteiger partial charge in [0.15, 0.2) is 0 Å². The number of hydrogen-bond acceptors (Lipinski definition) is 1. The Morgan fingerprint density at radius 2 is 2.00 bits per heavy atom. The van der Waals surface area contributed by atoms with E-state index in [4.69, 9.17) is 0 Å². The van der Waals surface area contributed by atoms with Crippen LogP contribution in [0, 0.1) is 12.7 Å². The van der Waals surface area contributed by atoms with Crippen molar-refractivity contribution in [3.05, 3.63) is 34.5 Å². The summed E-state index contributed by atoms with van der Waals surface area (Å²) in [6.45, 7) is 1.59. The van der Waals surface area contributed by atoms with Crippen LogP contribution in [0.4, 0.5) is 13.2 Å². The van der Waals surface area contributed by atoms with Crippen molar-refractivity contribution in [2.75, 3.05) is 0 Å². The van der Waals surface area contributed by atoms with Gasteiger partial charge in [-0.25, -0.2) is 13.2 Å². The van der Waals surface area contributed by atoms with Gasteiger partial charge >= 0.3 is 0 Å². The Morgan fingerprint density at radius 1 is 1.29 bits per heavy atom. The zero-order valence-electron chi connectivity index (χ0n) is 7.35. The molecule has 0 spiro atoms. The van der Waals surface area contributed by atoms with Crippen LogP contribution >= 0.6 is 11.3 Å². The molecule has 2 rings (SSSR count). The van der Waals surface area contributed by atoms with E-state index in [0.717, 1.165) is 11.3 Å². The van der Waals surface area contributed by atoms with Crippen LogP contribution in [0.15, 0.2) is 18.2 Å². The minimum Gasteiger partial charge on any atom is -0.205 e. The van der Waals surface area contributed by atoms with Crippen LogP contribution in [0.1, 0.15) is 16.9 Å². The van der Waals surface area contributed by atoms with E-state index in [1.807, 2.05) is 0 Å². The van der Waals surface area contributed by atoms with Crippen molar-refractivity contribution in [2.24, 2.45) is 0 Å². The van der Waals surface area contributed by atoms with Crippen molar-refractivity contribution in [2.45, 2.75) is 13.3 Å². The number of aryl methyl sites for hydroxylation is 1. The minimum absolute atomic E-state index is 0.0375. The van der Waals surface area contributed by atoms with Crippen molar-refractivity contribution < 1.29 is 13.2 Å². The maximum atomic E-state index is 13.2. The van der Waals surface area contributed by atoms with Gasteiger partial charge in [0.1, 0.15) is 5.82 Å². The molecule has 74 valence electrons. The molecule has 0 nitrogen and oxygen atoms in total. The molecule has 0 atom stereocenters.